The summed E-state index contributed by atoms with van der Waals surface area (Å²) in [6.45, 7) is 1.35. The molecule has 188 valence electrons. The summed E-state index contributed by atoms with van der Waals surface area (Å²) in [5.41, 5.74) is 1.60. The minimum Gasteiger partial charge on any atom is -0.497 e. The van der Waals surface area contributed by atoms with Gasteiger partial charge in [0.15, 0.2) is 0 Å². The number of carbonyl (C=O) groups excluding carboxylic acids is 2. The van der Waals surface area contributed by atoms with Crippen LogP contribution in [0.2, 0.25) is 0 Å². The van der Waals surface area contributed by atoms with Gasteiger partial charge >= 0.3 is 0 Å². The summed E-state index contributed by atoms with van der Waals surface area (Å²) < 4.78 is 24.8. The van der Waals surface area contributed by atoms with Crippen molar-refractivity contribution in [3.8, 4) is 11.5 Å². The summed E-state index contributed by atoms with van der Waals surface area (Å²) in [6, 6.07) is 14.7. The van der Waals surface area contributed by atoms with Gasteiger partial charge in [-0.15, -0.1) is 11.3 Å². The average Bonchev–Trinajstić information content (AvgIpc) is 3.58. The molecule has 0 N–H and O–H groups in total. The van der Waals surface area contributed by atoms with Gasteiger partial charge < -0.3 is 19.3 Å². The molecular formula is C28H29FN2O4S. The molecule has 1 aromatic heterocycles. The standard InChI is InChI=1S/C28H29FN2O4S/c1-34-22-9-7-20(8-10-22)28(33)30(16-19-5-6-19)17-27(32)31-13-11-26-24(12-14-36-26)25(31)18-35-23-4-2-3-21(29)15-23/h2-4,7-10,12,14-15,19,25H,5-6,11,13,16-18H2,1H3/t25-/m1/s1. The minimum absolute atomic E-state index is 0.0112. The van der Waals surface area contributed by atoms with Gasteiger partial charge in [0, 0.05) is 29.6 Å². The zero-order valence-corrected chi connectivity index (χ0v) is 21.0. The molecule has 2 aliphatic rings. The van der Waals surface area contributed by atoms with Gasteiger partial charge in [0.2, 0.25) is 5.91 Å². The van der Waals surface area contributed by atoms with Crippen molar-refractivity contribution in [2.24, 2.45) is 5.92 Å². The van der Waals surface area contributed by atoms with Crippen molar-refractivity contribution in [3.63, 3.8) is 0 Å². The molecular weight excluding hydrogens is 479 g/mol. The number of benzene rings is 2. The van der Waals surface area contributed by atoms with E-state index in [1.807, 2.05) is 16.3 Å². The molecule has 3 aromatic rings. The molecule has 6 nitrogen and oxygen atoms in total. The van der Waals surface area contributed by atoms with Gasteiger partial charge in [-0.05, 0) is 78.6 Å². The van der Waals surface area contributed by atoms with Crippen molar-refractivity contribution in [1.29, 1.82) is 0 Å². The van der Waals surface area contributed by atoms with E-state index in [1.165, 1.54) is 17.0 Å². The van der Waals surface area contributed by atoms with Crippen molar-refractivity contribution in [3.05, 3.63) is 81.8 Å². The number of fused-ring (bicyclic) bond motifs is 1. The van der Waals surface area contributed by atoms with Crippen LogP contribution >= 0.6 is 11.3 Å². The van der Waals surface area contributed by atoms with E-state index in [0.29, 0.717) is 36.1 Å². The third-order valence-electron chi connectivity index (χ3n) is 6.74. The van der Waals surface area contributed by atoms with Crippen LogP contribution in [0.3, 0.4) is 0 Å². The van der Waals surface area contributed by atoms with E-state index >= 15 is 0 Å². The molecule has 8 heteroatoms. The monoisotopic (exact) mass is 508 g/mol. The summed E-state index contributed by atoms with van der Waals surface area (Å²) >= 11 is 1.67. The molecule has 1 fully saturated rings. The molecule has 1 saturated carbocycles. The van der Waals surface area contributed by atoms with Crippen molar-refractivity contribution >= 4 is 23.2 Å². The van der Waals surface area contributed by atoms with E-state index in [1.54, 1.807) is 59.7 Å². The molecule has 36 heavy (non-hydrogen) atoms. The Morgan fingerprint density at radius 2 is 1.92 bits per heavy atom. The first kappa shape index (κ1) is 24.3. The molecule has 1 atom stereocenters. The maximum absolute atomic E-state index is 13.7. The van der Waals surface area contributed by atoms with Crippen LogP contribution in [0.5, 0.6) is 11.5 Å². The zero-order chi connectivity index (χ0) is 25.1. The van der Waals surface area contributed by atoms with Crippen molar-refractivity contribution in [1.82, 2.24) is 9.80 Å². The Bertz CT molecular complexity index is 1220. The van der Waals surface area contributed by atoms with Gasteiger partial charge in [-0.1, -0.05) is 6.07 Å². The molecule has 1 aliphatic carbocycles. The number of rotatable bonds is 9. The Hall–Kier alpha value is -3.39. The molecule has 2 aromatic carbocycles. The lowest BCUT2D eigenvalue weighted by atomic mass is 10.0. The normalized spacial score (nSPS) is 16.8. The number of amides is 2. The molecule has 0 unspecified atom stereocenters. The number of carbonyl (C=O) groups is 2. The summed E-state index contributed by atoms with van der Waals surface area (Å²) in [6.07, 6.45) is 2.92. The Labute approximate surface area is 214 Å². The quantitative estimate of drug-likeness (QED) is 0.410. The smallest absolute Gasteiger partial charge is 0.254 e. The predicted octanol–water partition coefficient (Wildman–Crippen LogP) is 4.95. The van der Waals surface area contributed by atoms with Crippen LogP contribution in [0.15, 0.2) is 60.0 Å². The van der Waals surface area contributed by atoms with Gasteiger partial charge in [-0.3, -0.25) is 9.59 Å². The van der Waals surface area contributed by atoms with E-state index in [9.17, 15) is 14.0 Å². The highest BCUT2D eigenvalue weighted by atomic mass is 32.1. The molecule has 0 radical (unpaired) electrons. The van der Waals surface area contributed by atoms with Gasteiger partial charge in [0.05, 0.1) is 13.2 Å². The number of ether oxygens (including phenoxy) is 2. The molecule has 2 amide bonds. The van der Waals surface area contributed by atoms with Crippen LogP contribution in [0.25, 0.3) is 0 Å². The second-order valence-electron chi connectivity index (χ2n) is 9.28. The highest BCUT2D eigenvalue weighted by molar-refractivity contribution is 7.10. The fraction of sp³-hybridized carbons (Fsp3) is 0.357. The van der Waals surface area contributed by atoms with E-state index in [2.05, 4.69) is 0 Å². The highest BCUT2D eigenvalue weighted by Crippen LogP contribution is 2.35. The lowest BCUT2D eigenvalue weighted by Crippen LogP contribution is -2.48. The molecule has 1 aliphatic heterocycles. The molecule has 0 bridgehead atoms. The van der Waals surface area contributed by atoms with E-state index in [0.717, 1.165) is 24.8 Å². The summed E-state index contributed by atoms with van der Waals surface area (Å²) in [7, 11) is 1.58. The third-order valence-corrected chi connectivity index (χ3v) is 7.74. The van der Waals surface area contributed by atoms with Gasteiger partial charge in [0.25, 0.3) is 5.91 Å². The lowest BCUT2D eigenvalue weighted by Gasteiger charge is -2.37. The number of nitrogens with zero attached hydrogens (tertiary/aromatic N) is 2. The Morgan fingerprint density at radius 3 is 2.64 bits per heavy atom. The number of halogens is 1. The molecule has 0 spiro atoms. The third kappa shape index (κ3) is 5.54. The topological polar surface area (TPSA) is 59.1 Å². The Kier molecular flexibility index (Phi) is 7.23. The number of hydrogen-bond donors (Lipinski definition) is 0. The second kappa shape index (κ2) is 10.7. The van der Waals surface area contributed by atoms with E-state index in [-0.39, 0.29) is 36.8 Å². The van der Waals surface area contributed by atoms with Crippen LogP contribution < -0.4 is 9.47 Å². The van der Waals surface area contributed by atoms with E-state index in [4.69, 9.17) is 9.47 Å². The largest absolute Gasteiger partial charge is 0.497 e. The van der Waals surface area contributed by atoms with Crippen LogP contribution in [-0.4, -0.2) is 55.0 Å². The van der Waals surface area contributed by atoms with Crippen molar-refractivity contribution < 1.29 is 23.5 Å². The first-order valence-electron chi connectivity index (χ1n) is 12.2. The first-order valence-corrected chi connectivity index (χ1v) is 13.1. The van der Waals surface area contributed by atoms with Crippen molar-refractivity contribution in [2.75, 3.05) is 33.4 Å². The summed E-state index contributed by atoms with van der Waals surface area (Å²) in [5, 5.41) is 2.03. The van der Waals surface area contributed by atoms with Crippen LogP contribution in [-0.2, 0) is 11.2 Å². The maximum Gasteiger partial charge on any atom is 0.254 e. The maximum atomic E-state index is 13.7. The Morgan fingerprint density at radius 1 is 1.11 bits per heavy atom. The lowest BCUT2D eigenvalue weighted by molar-refractivity contribution is -0.135. The minimum atomic E-state index is -0.368. The summed E-state index contributed by atoms with van der Waals surface area (Å²) in [4.78, 5) is 31.7. The Balaban J connectivity index is 1.33. The summed E-state index contributed by atoms with van der Waals surface area (Å²) in [5.74, 6) is 0.915. The number of methoxy groups -OCH3 is 1. The van der Waals surface area contributed by atoms with Gasteiger partial charge in [0.1, 0.15) is 30.5 Å². The number of thiophene rings is 1. The van der Waals surface area contributed by atoms with Crippen LogP contribution in [0, 0.1) is 11.7 Å². The fourth-order valence-electron chi connectivity index (χ4n) is 4.61. The predicted molar refractivity (Wildman–Crippen MR) is 136 cm³/mol. The molecule has 5 rings (SSSR count). The van der Waals surface area contributed by atoms with Gasteiger partial charge in [-0.2, -0.15) is 0 Å². The van der Waals surface area contributed by atoms with Crippen LogP contribution in [0.1, 0.15) is 39.7 Å². The van der Waals surface area contributed by atoms with Crippen LogP contribution in [0.4, 0.5) is 4.39 Å². The SMILES string of the molecule is COc1ccc(C(=O)N(CC(=O)N2CCc3sccc3[C@H]2COc2cccc(F)c2)CC2CC2)cc1. The number of hydrogen-bond acceptors (Lipinski definition) is 5. The first-order chi connectivity index (χ1) is 17.5. The molecule has 0 saturated heterocycles. The fourth-order valence-corrected chi connectivity index (χ4v) is 5.54. The van der Waals surface area contributed by atoms with Crippen molar-refractivity contribution in [2.45, 2.75) is 25.3 Å². The zero-order valence-electron chi connectivity index (χ0n) is 20.2. The highest BCUT2D eigenvalue weighted by Gasteiger charge is 2.35. The second-order valence-corrected chi connectivity index (χ2v) is 10.3. The van der Waals surface area contributed by atoms with Gasteiger partial charge in [-0.25, -0.2) is 4.39 Å². The molecule has 2 heterocycles. The van der Waals surface area contributed by atoms with E-state index < -0.39 is 0 Å². The average molecular weight is 509 g/mol.